The molecular formula is C19H19F2N3O4S. The van der Waals surface area contributed by atoms with Crippen LogP contribution in [0.5, 0.6) is 0 Å². The molecule has 7 nitrogen and oxygen atoms in total. The van der Waals surface area contributed by atoms with Gasteiger partial charge in [-0.15, -0.1) is 0 Å². The zero-order valence-electron chi connectivity index (χ0n) is 15.6. The van der Waals surface area contributed by atoms with Gasteiger partial charge in [0.25, 0.3) is 0 Å². The molecule has 1 heterocycles. The molecule has 1 saturated heterocycles. The van der Waals surface area contributed by atoms with Gasteiger partial charge >= 0.3 is 0 Å². The molecule has 10 heteroatoms. The SMILES string of the molecule is CS(=O)(=O)N(CC(=O)Nc1ccc(N2CCCC2=O)cc1)c1ccc(F)c(F)c1. The van der Waals surface area contributed by atoms with Gasteiger partial charge in [0.15, 0.2) is 11.6 Å². The van der Waals surface area contributed by atoms with E-state index in [1.165, 1.54) is 0 Å². The summed E-state index contributed by atoms with van der Waals surface area (Å²) in [5, 5.41) is 2.55. The monoisotopic (exact) mass is 423 g/mol. The van der Waals surface area contributed by atoms with Gasteiger partial charge in [0.2, 0.25) is 21.8 Å². The molecule has 0 atom stereocenters. The molecule has 0 unspecified atom stereocenters. The quantitative estimate of drug-likeness (QED) is 0.774. The summed E-state index contributed by atoms with van der Waals surface area (Å²) in [6, 6.07) is 9.15. The lowest BCUT2D eigenvalue weighted by Crippen LogP contribution is -2.37. The van der Waals surface area contributed by atoms with E-state index in [9.17, 15) is 26.8 Å². The molecule has 0 saturated carbocycles. The number of nitrogens with zero attached hydrogens (tertiary/aromatic N) is 2. The Labute approximate surface area is 167 Å². The molecule has 2 aromatic rings. The molecule has 2 aromatic carbocycles. The van der Waals surface area contributed by atoms with E-state index in [-0.39, 0.29) is 11.6 Å². The number of anilines is 3. The molecule has 0 bridgehead atoms. The Bertz CT molecular complexity index is 1040. The third-order valence-corrected chi connectivity index (χ3v) is 5.56. The first kappa shape index (κ1) is 20.7. The molecule has 29 heavy (non-hydrogen) atoms. The van der Waals surface area contributed by atoms with Crippen molar-refractivity contribution in [3.63, 3.8) is 0 Å². The number of carbonyl (C=O) groups is 2. The number of benzene rings is 2. The van der Waals surface area contributed by atoms with Crippen LogP contribution in [0.3, 0.4) is 0 Å². The van der Waals surface area contributed by atoms with Gasteiger partial charge in [-0.3, -0.25) is 13.9 Å². The first-order chi connectivity index (χ1) is 13.6. The van der Waals surface area contributed by atoms with Crippen molar-refractivity contribution in [3.8, 4) is 0 Å². The minimum Gasteiger partial charge on any atom is -0.325 e. The van der Waals surface area contributed by atoms with Crippen molar-refractivity contribution in [2.75, 3.05) is 33.9 Å². The highest BCUT2D eigenvalue weighted by atomic mass is 32.2. The van der Waals surface area contributed by atoms with Crippen molar-refractivity contribution < 1.29 is 26.8 Å². The van der Waals surface area contributed by atoms with Crippen LogP contribution in [0.2, 0.25) is 0 Å². The fourth-order valence-electron chi connectivity index (χ4n) is 3.02. The first-order valence-electron chi connectivity index (χ1n) is 8.78. The highest BCUT2D eigenvalue weighted by molar-refractivity contribution is 7.92. The topological polar surface area (TPSA) is 86.8 Å². The zero-order chi connectivity index (χ0) is 21.2. The van der Waals surface area contributed by atoms with E-state index < -0.39 is 34.1 Å². The van der Waals surface area contributed by atoms with E-state index in [0.717, 1.165) is 24.8 Å². The van der Waals surface area contributed by atoms with Crippen molar-refractivity contribution >= 4 is 38.9 Å². The molecule has 1 aliphatic heterocycles. The first-order valence-corrected chi connectivity index (χ1v) is 10.6. The maximum atomic E-state index is 13.5. The van der Waals surface area contributed by atoms with Crippen LogP contribution in [0.4, 0.5) is 25.8 Å². The third-order valence-electron chi connectivity index (χ3n) is 4.41. The van der Waals surface area contributed by atoms with Gasteiger partial charge in [-0.2, -0.15) is 0 Å². The fraction of sp³-hybridized carbons (Fsp3) is 0.263. The molecule has 154 valence electrons. The Balaban J connectivity index is 1.72. The summed E-state index contributed by atoms with van der Waals surface area (Å²) >= 11 is 0. The zero-order valence-corrected chi connectivity index (χ0v) is 16.4. The van der Waals surface area contributed by atoms with Gasteiger partial charge < -0.3 is 10.2 Å². The number of amides is 2. The van der Waals surface area contributed by atoms with Gasteiger partial charge in [-0.1, -0.05) is 0 Å². The molecule has 1 aliphatic rings. The van der Waals surface area contributed by atoms with Gasteiger partial charge in [0, 0.05) is 30.4 Å². The summed E-state index contributed by atoms with van der Waals surface area (Å²) in [5.41, 5.74) is 0.957. The van der Waals surface area contributed by atoms with Crippen molar-refractivity contribution in [1.82, 2.24) is 0 Å². The summed E-state index contributed by atoms with van der Waals surface area (Å²) in [6.45, 7) is 0.0261. The number of halogens is 2. The Morgan fingerprint density at radius 2 is 1.83 bits per heavy atom. The van der Waals surface area contributed by atoms with E-state index in [2.05, 4.69) is 5.32 Å². The van der Waals surface area contributed by atoms with Crippen molar-refractivity contribution in [2.24, 2.45) is 0 Å². The maximum Gasteiger partial charge on any atom is 0.245 e. The normalized spacial score (nSPS) is 14.2. The van der Waals surface area contributed by atoms with E-state index in [1.807, 2.05) is 0 Å². The van der Waals surface area contributed by atoms with E-state index in [1.54, 1.807) is 29.2 Å². The number of nitrogens with one attached hydrogen (secondary N) is 1. The summed E-state index contributed by atoms with van der Waals surface area (Å²) in [7, 11) is -3.92. The lowest BCUT2D eigenvalue weighted by atomic mass is 10.2. The number of hydrogen-bond acceptors (Lipinski definition) is 4. The van der Waals surface area contributed by atoms with Crippen LogP contribution in [0, 0.1) is 11.6 Å². The van der Waals surface area contributed by atoms with Crippen LogP contribution in [0.25, 0.3) is 0 Å². The molecule has 0 aliphatic carbocycles. The molecule has 0 radical (unpaired) electrons. The molecular weight excluding hydrogens is 404 g/mol. The van der Waals surface area contributed by atoms with Crippen molar-refractivity contribution in [1.29, 1.82) is 0 Å². The Morgan fingerprint density at radius 3 is 2.38 bits per heavy atom. The fourth-order valence-corrected chi connectivity index (χ4v) is 3.87. The summed E-state index contributed by atoms with van der Waals surface area (Å²) in [6.07, 6.45) is 2.16. The lowest BCUT2D eigenvalue weighted by Gasteiger charge is -2.22. The van der Waals surface area contributed by atoms with Crippen molar-refractivity contribution in [3.05, 3.63) is 54.1 Å². The average molecular weight is 423 g/mol. The van der Waals surface area contributed by atoms with E-state index >= 15 is 0 Å². The van der Waals surface area contributed by atoms with Crippen molar-refractivity contribution in [2.45, 2.75) is 12.8 Å². The van der Waals surface area contributed by atoms with Crippen LogP contribution < -0.4 is 14.5 Å². The highest BCUT2D eigenvalue weighted by Crippen LogP contribution is 2.24. The molecule has 0 aromatic heterocycles. The van der Waals surface area contributed by atoms with Gasteiger partial charge in [-0.25, -0.2) is 17.2 Å². The minimum atomic E-state index is -3.92. The van der Waals surface area contributed by atoms with Crippen LogP contribution in [0.1, 0.15) is 12.8 Å². The Morgan fingerprint density at radius 1 is 1.14 bits per heavy atom. The summed E-state index contributed by atoms with van der Waals surface area (Å²) in [4.78, 5) is 25.8. The molecule has 3 rings (SSSR count). The van der Waals surface area contributed by atoms with Gasteiger partial charge in [-0.05, 0) is 42.8 Å². The molecule has 0 spiro atoms. The summed E-state index contributed by atoms with van der Waals surface area (Å²) in [5.74, 6) is -2.96. The Hall–Kier alpha value is -3.01. The van der Waals surface area contributed by atoms with Gasteiger partial charge in [0.05, 0.1) is 11.9 Å². The second-order valence-corrected chi connectivity index (χ2v) is 8.52. The molecule has 1 fully saturated rings. The average Bonchev–Trinajstić information content (AvgIpc) is 3.08. The smallest absolute Gasteiger partial charge is 0.245 e. The van der Waals surface area contributed by atoms with Gasteiger partial charge in [0.1, 0.15) is 6.54 Å². The number of carbonyl (C=O) groups excluding carboxylic acids is 2. The largest absolute Gasteiger partial charge is 0.325 e. The minimum absolute atomic E-state index is 0.0390. The van der Waals surface area contributed by atoms with E-state index in [0.29, 0.717) is 34.7 Å². The number of sulfonamides is 1. The second kappa shape index (κ2) is 8.16. The number of hydrogen-bond donors (Lipinski definition) is 1. The predicted octanol–water partition coefficient (Wildman–Crippen LogP) is 2.50. The molecule has 2 amide bonds. The van der Waals surface area contributed by atoms with Crippen LogP contribution >= 0.6 is 0 Å². The van der Waals surface area contributed by atoms with Crippen LogP contribution in [0.15, 0.2) is 42.5 Å². The van der Waals surface area contributed by atoms with Crippen LogP contribution in [-0.4, -0.2) is 39.6 Å². The maximum absolute atomic E-state index is 13.5. The van der Waals surface area contributed by atoms with E-state index in [4.69, 9.17) is 0 Å². The standard InChI is InChI=1S/C19H19F2N3O4S/c1-29(27,28)24(15-8-9-16(20)17(21)11-15)12-18(25)22-13-4-6-14(7-5-13)23-10-2-3-19(23)26/h4-9,11H,2-3,10,12H2,1H3,(H,22,25). The highest BCUT2D eigenvalue weighted by Gasteiger charge is 2.23. The lowest BCUT2D eigenvalue weighted by molar-refractivity contribution is -0.117. The summed E-state index contributed by atoms with van der Waals surface area (Å²) < 4.78 is 51.4. The predicted molar refractivity (Wildman–Crippen MR) is 105 cm³/mol. The number of rotatable bonds is 6. The molecule has 1 N–H and O–H groups in total. The second-order valence-electron chi connectivity index (χ2n) is 6.61. The Kier molecular flexibility index (Phi) is 5.83. The van der Waals surface area contributed by atoms with Crippen LogP contribution in [-0.2, 0) is 19.6 Å². The third kappa shape index (κ3) is 4.89.